The molecule has 192 valence electrons. The monoisotopic (exact) mass is 499 g/mol. The molecule has 1 amide bonds. The molecule has 0 spiro atoms. The summed E-state index contributed by atoms with van der Waals surface area (Å²) < 4.78 is 43.2. The van der Waals surface area contributed by atoms with E-state index in [-0.39, 0.29) is 18.1 Å². The zero-order valence-electron chi connectivity index (χ0n) is 20.2. The summed E-state index contributed by atoms with van der Waals surface area (Å²) in [5.41, 5.74) is 1.02. The van der Waals surface area contributed by atoms with E-state index in [2.05, 4.69) is 16.7 Å². The molecule has 0 saturated heterocycles. The van der Waals surface area contributed by atoms with Gasteiger partial charge in [0.2, 0.25) is 5.91 Å². The molecule has 0 heterocycles. The lowest BCUT2D eigenvalue weighted by molar-refractivity contribution is -0.161. The number of nitrogens with one attached hydrogen (secondary N) is 2. The number of aliphatic hydroxyl groups excluding tert-OH is 1. The van der Waals surface area contributed by atoms with E-state index in [4.69, 9.17) is 0 Å². The zero-order valence-corrected chi connectivity index (χ0v) is 20.2. The SMILES string of the molecule is N#CC1(NC(=O)[C@H](CC2CCCCC2)N[C@@H](c2cccc(-c3cccc(CO)c3)c2)C(F)(F)F)CC1. The van der Waals surface area contributed by atoms with Gasteiger partial charge < -0.3 is 10.4 Å². The first-order chi connectivity index (χ1) is 17.2. The smallest absolute Gasteiger partial charge is 0.392 e. The summed E-state index contributed by atoms with van der Waals surface area (Å²) in [7, 11) is 0. The van der Waals surface area contributed by atoms with Gasteiger partial charge in [0.05, 0.1) is 18.7 Å². The van der Waals surface area contributed by atoms with Gasteiger partial charge in [0.15, 0.2) is 0 Å². The number of hydrogen-bond donors (Lipinski definition) is 3. The van der Waals surface area contributed by atoms with Crippen molar-refractivity contribution >= 4 is 5.91 Å². The van der Waals surface area contributed by atoms with Gasteiger partial charge in [0, 0.05) is 0 Å². The summed E-state index contributed by atoms with van der Waals surface area (Å²) in [5.74, 6) is -0.374. The van der Waals surface area contributed by atoms with Gasteiger partial charge in [-0.1, -0.05) is 68.5 Å². The van der Waals surface area contributed by atoms with Crippen molar-refractivity contribution < 1.29 is 23.1 Å². The molecule has 2 aliphatic carbocycles. The van der Waals surface area contributed by atoms with Crippen molar-refractivity contribution in [2.45, 2.75) is 81.8 Å². The number of nitrogens with zero attached hydrogens (tertiary/aromatic N) is 1. The molecule has 2 aromatic carbocycles. The third-order valence-electron chi connectivity index (χ3n) is 7.29. The quantitative estimate of drug-likeness (QED) is 0.422. The van der Waals surface area contributed by atoms with Crippen molar-refractivity contribution in [3.63, 3.8) is 0 Å². The lowest BCUT2D eigenvalue weighted by Crippen LogP contribution is -2.52. The number of carbonyl (C=O) groups excluding carboxylic acids is 1. The first kappa shape index (κ1) is 26.2. The fourth-order valence-corrected chi connectivity index (χ4v) is 5.05. The highest BCUT2D eigenvalue weighted by atomic mass is 19.4. The number of nitriles is 1. The van der Waals surface area contributed by atoms with Gasteiger partial charge >= 0.3 is 6.18 Å². The minimum Gasteiger partial charge on any atom is -0.392 e. The minimum absolute atomic E-state index is 0.0114. The zero-order chi connectivity index (χ0) is 25.8. The fourth-order valence-electron chi connectivity index (χ4n) is 5.05. The maximum absolute atomic E-state index is 14.4. The molecule has 8 heteroatoms. The molecule has 4 rings (SSSR count). The molecule has 2 saturated carbocycles. The topological polar surface area (TPSA) is 85.2 Å². The van der Waals surface area contributed by atoms with Gasteiger partial charge in [-0.05, 0) is 59.6 Å². The Morgan fingerprint density at radius 1 is 1.08 bits per heavy atom. The number of halogens is 3. The van der Waals surface area contributed by atoms with Gasteiger partial charge in [-0.25, -0.2) is 0 Å². The molecule has 0 aliphatic heterocycles. The largest absolute Gasteiger partial charge is 0.407 e. The van der Waals surface area contributed by atoms with Crippen LogP contribution in [0, 0.1) is 17.2 Å². The number of hydrogen-bond acceptors (Lipinski definition) is 4. The normalized spacial score (nSPS) is 19.2. The van der Waals surface area contributed by atoms with Gasteiger partial charge in [-0.3, -0.25) is 10.1 Å². The van der Waals surface area contributed by atoms with Crippen LogP contribution in [0.2, 0.25) is 0 Å². The Kier molecular flexibility index (Phi) is 8.01. The van der Waals surface area contributed by atoms with Gasteiger partial charge in [0.1, 0.15) is 11.6 Å². The maximum Gasteiger partial charge on any atom is 0.407 e. The molecule has 5 nitrogen and oxygen atoms in total. The van der Waals surface area contributed by atoms with E-state index in [1.807, 2.05) is 0 Å². The molecule has 0 radical (unpaired) electrons. The van der Waals surface area contributed by atoms with Crippen molar-refractivity contribution in [1.82, 2.24) is 10.6 Å². The second kappa shape index (κ2) is 11.0. The maximum atomic E-state index is 14.4. The highest BCUT2D eigenvalue weighted by Crippen LogP contribution is 2.38. The average Bonchev–Trinajstić information content (AvgIpc) is 3.66. The Bertz CT molecular complexity index is 1100. The van der Waals surface area contributed by atoms with E-state index in [0.29, 0.717) is 36.0 Å². The third kappa shape index (κ3) is 6.45. The van der Waals surface area contributed by atoms with Crippen LogP contribution in [0.4, 0.5) is 13.2 Å². The Morgan fingerprint density at radius 3 is 2.36 bits per heavy atom. The van der Waals surface area contributed by atoms with Gasteiger partial charge in [-0.2, -0.15) is 18.4 Å². The van der Waals surface area contributed by atoms with Crippen LogP contribution >= 0.6 is 0 Å². The van der Waals surface area contributed by atoms with Crippen LogP contribution in [0.1, 0.15) is 68.5 Å². The van der Waals surface area contributed by atoms with E-state index in [1.165, 1.54) is 12.1 Å². The van der Waals surface area contributed by atoms with Crippen molar-refractivity contribution in [1.29, 1.82) is 5.26 Å². The van der Waals surface area contributed by atoms with Gasteiger partial charge in [-0.15, -0.1) is 0 Å². The van der Waals surface area contributed by atoms with E-state index in [1.54, 1.807) is 36.4 Å². The molecule has 0 unspecified atom stereocenters. The van der Waals surface area contributed by atoms with Crippen molar-refractivity contribution in [2.24, 2.45) is 5.92 Å². The van der Waals surface area contributed by atoms with Crippen LogP contribution in [0.15, 0.2) is 48.5 Å². The second-order valence-corrected chi connectivity index (χ2v) is 10.1. The van der Waals surface area contributed by atoms with Crippen LogP contribution in [-0.4, -0.2) is 28.8 Å². The number of alkyl halides is 3. The predicted octanol–water partition coefficient (Wildman–Crippen LogP) is 5.55. The van der Waals surface area contributed by atoms with Gasteiger partial charge in [0.25, 0.3) is 0 Å². The summed E-state index contributed by atoms with van der Waals surface area (Å²) in [6, 6.07) is 12.2. The lowest BCUT2D eigenvalue weighted by atomic mass is 9.84. The summed E-state index contributed by atoms with van der Waals surface area (Å²) >= 11 is 0. The molecular weight excluding hydrogens is 467 g/mol. The van der Waals surface area contributed by atoms with Crippen LogP contribution in [0.25, 0.3) is 11.1 Å². The lowest BCUT2D eigenvalue weighted by Gasteiger charge is -2.31. The molecule has 3 N–H and O–H groups in total. The van der Waals surface area contributed by atoms with Crippen molar-refractivity contribution in [2.75, 3.05) is 0 Å². The van der Waals surface area contributed by atoms with E-state index < -0.39 is 29.7 Å². The Labute approximate surface area is 209 Å². The summed E-state index contributed by atoms with van der Waals surface area (Å²) in [6.07, 6.45) is 1.61. The fraction of sp³-hybridized carbons (Fsp3) is 0.500. The Morgan fingerprint density at radius 2 is 1.75 bits per heavy atom. The number of rotatable bonds is 9. The summed E-state index contributed by atoms with van der Waals surface area (Å²) in [6.45, 7) is -0.164. The molecule has 0 bridgehead atoms. The molecule has 2 aliphatic rings. The van der Waals surface area contributed by atoms with Crippen LogP contribution in [0.5, 0.6) is 0 Å². The molecule has 36 heavy (non-hydrogen) atoms. The Hall–Kier alpha value is -2.89. The number of benzene rings is 2. The van der Waals surface area contributed by atoms with E-state index >= 15 is 0 Å². The number of amides is 1. The summed E-state index contributed by atoms with van der Waals surface area (Å²) in [4.78, 5) is 13.2. The first-order valence-corrected chi connectivity index (χ1v) is 12.6. The third-order valence-corrected chi connectivity index (χ3v) is 7.29. The average molecular weight is 500 g/mol. The Balaban J connectivity index is 1.62. The van der Waals surface area contributed by atoms with Crippen molar-refractivity contribution in [3.05, 3.63) is 59.7 Å². The molecule has 2 aromatic rings. The molecule has 0 aromatic heterocycles. The van der Waals surface area contributed by atoms with E-state index in [9.17, 15) is 28.3 Å². The van der Waals surface area contributed by atoms with Crippen molar-refractivity contribution in [3.8, 4) is 17.2 Å². The van der Waals surface area contributed by atoms with Crippen LogP contribution < -0.4 is 10.6 Å². The standard InChI is InChI=1S/C28H32F3N3O2/c29-28(30,31)25(23-11-5-10-22(16-23)21-9-4-8-20(14-21)17-35)33-24(15-19-6-2-1-3-7-19)26(36)34-27(18-32)12-13-27/h4-5,8-11,14,16,19,24-25,33,35H,1-3,6-7,12-13,15,17H2,(H,34,36)/t24-,25-/m0/s1. The molecule has 2 atom stereocenters. The highest BCUT2D eigenvalue weighted by molar-refractivity contribution is 5.83. The number of carbonyl (C=O) groups is 1. The summed E-state index contributed by atoms with van der Waals surface area (Å²) in [5, 5.41) is 24.2. The first-order valence-electron chi connectivity index (χ1n) is 12.6. The van der Waals surface area contributed by atoms with Crippen LogP contribution in [0.3, 0.4) is 0 Å². The second-order valence-electron chi connectivity index (χ2n) is 10.1. The van der Waals surface area contributed by atoms with Crippen LogP contribution in [-0.2, 0) is 11.4 Å². The molecule has 2 fully saturated rings. The molecular formula is C28H32F3N3O2. The predicted molar refractivity (Wildman–Crippen MR) is 130 cm³/mol. The highest BCUT2D eigenvalue weighted by Gasteiger charge is 2.47. The van der Waals surface area contributed by atoms with E-state index in [0.717, 1.165) is 32.1 Å². The minimum atomic E-state index is -4.64. The number of aliphatic hydroxyl groups is 1.